The molecule has 0 unspecified atom stereocenters. The molecular weight excluding hydrogens is 410 g/mol. The lowest BCUT2D eigenvalue weighted by molar-refractivity contribution is -0.128. The molecule has 2 rings (SSSR count). The minimum Gasteiger partial charge on any atom is -0.478 e. The average Bonchev–Trinajstić information content (AvgIpc) is 2.64. The van der Waals surface area contributed by atoms with E-state index in [2.05, 4.69) is 21.2 Å². The Labute approximate surface area is 168 Å². The van der Waals surface area contributed by atoms with Gasteiger partial charge in [-0.05, 0) is 68.8 Å². The Balaban J connectivity index is 1.95. The summed E-state index contributed by atoms with van der Waals surface area (Å²) in [5.74, 6) is -0.0487. The van der Waals surface area contributed by atoms with Gasteiger partial charge in [0.1, 0.15) is 5.75 Å². The molecule has 2 aromatic carbocycles. The van der Waals surface area contributed by atoms with Gasteiger partial charge in [-0.3, -0.25) is 4.79 Å². The van der Waals surface area contributed by atoms with E-state index < -0.39 is 5.60 Å². The van der Waals surface area contributed by atoms with Crippen molar-refractivity contribution in [3.63, 3.8) is 0 Å². The lowest BCUT2D eigenvalue weighted by Gasteiger charge is -2.25. The van der Waals surface area contributed by atoms with Crippen molar-refractivity contribution in [3.05, 3.63) is 58.6 Å². The Hall–Kier alpha value is -2.34. The quantitative estimate of drug-likeness (QED) is 0.458. The van der Waals surface area contributed by atoms with Gasteiger partial charge in [0.05, 0.1) is 12.2 Å². The normalized spacial score (nSPS) is 11.0. The molecular formula is C21H24BrNO4. The van der Waals surface area contributed by atoms with Crippen molar-refractivity contribution in [2.24, 2.45) is 0 Å². The van der Waals surface area contributed by atoms with Gasteiger partial charge in [0.25, 0.3) is 5.91 Å². The number of nitrogens with one attached hydrogen (secondary N) is 1. The van der Waals surface area contributed by atoms with Crippen LogP contribution >= 0.6 is 15.9 Å². The molecule has 0 aliphatic heterocycles. The number of esters is 1. The van der Waals surface area contributed by atoms with Crippen molar-refractivity contribution in [1.82, 2.24) is 0 Å². The number of carbonyl (C=O) groups is 2. The van der Waals surface area contributed by atoms with E-state index in [4.69, 9.17) is 9.47 Å². The maximum atomic E-state index is 12.6. The van der Waals surface area contributed by atoms with Crippen LogP contribution in [0.25, 0.3) is 0 Å². The fourth-order valence-electron chi connectivity index (χ4n) is 2.21. The van der Waals surface area contributed by atoms with Crippen LogP contribution in [0.15, 0.2) is 53.0 Å². The van der Waals surface area contributed by atoms with Crippen LogP contribution in [0.3, 0.4) is 0 Å². The lowest BCUT2D eigenvalue weighted by Crippen LogP contribution is -2.42. The van der Waals surface area contributed by atoms with Gasteiger partial charge in [-0.2, -0.15) is 0 Å². The summed E-state index contributed by atoms with van der Waals surface area (Å²) in [6, 6.07) is 13.9. The molecule has 144 valence electrons. The van der Waals surface area contributed by atoms with Crippen molar-refractivity contribution in [3.8, 4) is 5.75 Å². The van der Waals surface area contributed by atoms with Gasteiger partial charge in [0.2, 0.25) is 0 Å². The number of benzene rings is 2. The Morgan fingerprint density at radius 3 is 2.26 bits per heavy atom. The monoisotopic (exact) mass is 433 g/mol. The van der Waals surface area contributed by atoms with Crippen LogP contribution in [0.4, 0.5) is 5.69 Å². The van der Waals surface area contributed by atoms with Crippen molar-refractivity contribution < 1.29 is 19.1 Å². The summed E-state index contributed by atoms with van der Waals surface area (Å²) in [4.78, 5) is 24.5. The first-order chi connectivity index (χ1) is 12.8. The third-order valence-electron chi connectivity index (χ3n) is 3.84. The van der Waals surface area contributed by atoms with Crippen LogP contribution in [0.1, 0.15) is 44.0 Å². The topological polar surface area (TPSA) is 64.6 Å². The van der Waals surface area contributed by atoms with Gasteiger partial charge in [-0.25, -0.2) is 4.79 Å². The zero-order valence-corrected chi connectivity index (χ0v) is 17.3. The first-order valence-electron chi connectivity index (χ1n) is 8.85. The largest absolute Gasteiger partial charge is 0.478 e. The molecule has 1 N–H and O–H groups in total. The molecule has 6 heteroatoms. The number of amides is 1. The van der Waals surface area contributed by atoms with Crippen LogP contribution in [-0.2, 0) is 9.53 Å². The molecule has 0 aliphatic rings. The van der Waals surface area contributed by atoms with Crippen molar-refractivity contribution in [2.75, 3.05) is 11.9 Å². The number of halogens is 1. The molecule has 27 heavy (non-hydrogen) atoms. The fourth-order valence-corrected chi connectivity index (χ4v) is 2.47. The van der Waals surface area contributed by atoms with Crippen LogP contribution < -0.4 is 10.1 Å². The molecule has 5 nitrogen and oxygen atoms in total. The number of ether oxygens (including phenoxy) is 2. The van der Waals surface area contributed by atoms with Crippen LogP contribution in [0, 0.1) is 0 Å². The van der Waals surface area contributed by atoms with Crippen LogP contribution in [0.5, 0.6) is 5.75 Å². The number of anilines is 1. The molecule has 0 fully saturated rings. The summed E-state index contributed by atoms with van der Waals surface area (Å²) >= 11 is 3.36. The summed E-state index contributed by atoms with van der Waals surface area (Å²) in [6.45, 7) is 5.84. The number of unbranched alkanes of at least 4 members (excludes halogenated alkanes) is 1. The van der Waals surface area contributed by atoms with E-state index in [1.807, 2.05) is 19.1 Å². The van der Waals surface area contributed by atoms with Crippen LogP contribution in [0.2, 0.25) is 0 Å². The van der Waals surface area contributed by atoms with Gasteiger partial charge in [-0.1, -0.05) is 29.3 Å². The highest BCUT2D eigenvalue weighted by molar-refractivity contribution is 9.10. The first kappa shape index (κ1) is 21.0. The van der Waals surface area contributed by atoms with E-state index in [0.717, 1.165) is 17.3 Å². The number of rotatable bonds is 8. The first-order valence-corrected chi connectivity index (χ1v) is 9.64. The number of hydrogen-bond donors (Lipinski definition) is 1. The molecule has 0 aliphatic carbocycles. The van der Waals surface area contributed by atoms with E-state index in [9.17, 15) is 9.59 Å². The average molecular weight is 434 g/mol. The summed E-state index contributed by atoms with van der Waals surface area (Å²) < 4.78 is 11.9. The Morgan fingerprint density at radius 1 is 1.04 bits per heavy atom. The Kier molecular flexibility index (Phi) is 7.42. The molecule has 0 saturated carbocycles. The maximum Gasteiger partial charge on any atom is 0.338 e. The molecule has 1 amide bonds. The van der Waals surface area contributed by atoms with Crippen LogP contribution in [-0.4, -0.2) is 24.1 Å². The molecule has 0 atom stereocenters. The zero-order valence-electron chi connectivity index (χ0n) is 15.8. The van der Waals surface area contributed by atoms with E-state index in [0.29, 0.717) is 23.6 Å². The minimum absolute atomic E-state index is 0.288. The van der Waals surface area contributed by atoms with Gasteiger partial charge in [-0.15, -0.1) is 0 Å². The SMILES string of the molecule is CCCCOC(=O)c1ccc(NC(=O)C(C)(C)Oc2ccc(Br)cc2)cc1. The van der Waals surface area contributed by atoms with Crippen molar-refractivity contribution in [2.45, 2.75) is 39.2 Å². The molecule has 0 saturated heterocycles. The Bertz CT molecular complexity index is 770. The van der Waals surface area contributed by atoms with Gasteiger partial charge >= 0.3 is 5.97 Å². The highest BCUT2D eigenvalue weighted by atomic mass is 79.9. The molecule has 0 aromatic heterocycles. The highest BCUT2D eigenvalue weighted by Crippen LogP contribution is 2.22. The number of carbonyl (C=O) groups excluding carboxylic acids is 2. The summed E-state index contributed by atoms with van der Waals surface area (Å²) in [5, 5.41) is 2.81. The Morgan fingerprint density at radius 2 is 1.67 bits per heavy atom. The lowest BCUT2D eigenvalue weighted by atomic mass is 10.1. The summed E-state index contributed by atoms with van der Waals surface area (Å²) in [7, 11) is 0. The predicted octanol–water partition coefficient (Wildman–Crippen LogP) is 5.20. The molecule has 0 radical (unpaired) electrons. The second kappa shape index (κ2) is 9.55. The van der Waals surface area contributed by atoms with Gasteiger partial charge in [0.15, 0.2) is 5.60 Å². The van der Waals surface area contributed by atoms with Crippen molar-refractivity contribution >= 4 is 33.5 Å². The van der Waals surface area contributed by atoms with E-state index >= 15 is 0 Å². The number of hydrogen-bond acceptors (Lipinski definition) is 4. The predicted molar refractivity (Wildman–Crippen MR) is 109 cm³/mol. The molecule has 0 spiro atoms. The third-order valence-corrected chi connectivity index (χ3v) is 4.37. The van der Waals surface area contributed by atoms with Gasteiger partial charge < -0.3 is 14.8 Å². The second-order valence-corrected chi connectivity index (χ2v) is 7.50. The maximum absolute atomic E-state index is 12.6. The second-order valence-electron chi connectivity index (χ2n) is 6.59. The van der Waals surface area contributed by atoms with E-state index in [1.54, 1.807) is 50.2 Å². The smallest absolute Gasteiger partial charge is 0.338 e. The summed E-state index contributed by atoms with van der Waals surface area (Å²) in [6.07, 6.45) is 1.81. The zero-order chi connectivity index (χ0) is 19.9. The van der Waals surface area contributed by atoms with E-state index in [1.165, 1.54) is 0 Å². The van der Waals surface area contributed by atoms with Gasteiger partial charge in [0, 0.05) is 10.2 Å². The van der Waals surface area contributed by atoms with Crippen molar-refractivity contribution in [1.29, 1.82) is 0 Å². The standard InChI is InChI=1S/C21H24BrNO4/c1-4-5-14-26-19(24)15-6-10-17(11-7-15)23-20(25)21(2,3)27-18-12-8-16(22)9-13-18/h6-13H,4-5,14H2,1-3H3,(H,23,25). The highest BCUT2D eigenvalue weighted by Gasteiger charge is 2.30. The molecule has 0 heterocycles. The molecule has 2 aromatic rings. The minimum atomic E-state index is -1.06. The van der Waals surface area contributed by atoms with E-state index in [-0.39, 0.29) is 11.9 Å². The summed E-state index contributed by atoms with van der Waals surface area (Å²) in [5.41, 5.74) is -0.0296. The molecule has 0 bridgehead atoms. The fraction of sp³-hybridized carbons (Fsp3) is 0.333. The third kappa shape index (κ3) is 6.40.